The summed E-state index contributed by atoms with van der Waals surface area (Å²) >= 11 is 13.1. The van der Waals surface area contributed by atoms with E-state index < -0.39 is 0 Å². The Morgan fingerprint density at radius 2 is 2.10 bits per heavy atom. The van der Waals surface area contributed by atoms with Gasteiger partial charge in [-0.05, 0) is 47.6 Å². The zero-order valence-electron chi connectivity index (χ0n) is 11.2. The SMILES string of the molecule is CCNCC(C)Oc1c(Br)cc(Br)c2ccc(Cl)nc12. The summed E-state index contributed by atoms with van der Waals surface area (Å²) in [5, 5.41) is 4.69. The van der Waals surface area contributed by atoms with Crippen LogP contribution in [0.5, 0.6) is 5.75 Å². The minimum atomic E-state index is 0.0383. The number of pyridine rings is 1. The summed E-state index contributed by atoms with van der Waals surface area (Å²) in [5.41, 5.74) is 0.752. The molecule has 0 fully saturated rings. The zero-order valence-corrected chi connectivity index (χ0v) is 15.1. The normalized spacial score (nSPS) is 12.7. The van der Waals surface area contributed by atoms with Gasteiger partial charge in [0, 0.05) is 16.4 Å². The van der Waals surface area contributed by atoms with Gasteiger partial charge in [-0.15, -0.1) is 0 Å². The van der Waals surface area contributed by atoms with Crippen molar-refractivity contribution in [1.82, 2.24) is 10.3 Å². The molecule has 0 saturated heterocycles. The lowest BCUT2D eigenvalue weighted by atomic mass is 10.2. The Balaban J connectivity index is 2.43. The van der Waals surface area contributed by atoms with Gasteiger partial charge in [-0.1, -0.05) is 34.5 Å². The van der Waals surface area contributed by atoms with Gasteiger partial charge in [0.2, 0.25) is 0 Å². The fourth-order valence-corrected chi connectivity index (χ4v) is 3.39. The third-order valence-electron chi connectivity index (χ3n) is 2.80. The van der Waals surface area contributed by atoms with Crippen LogP contribution in [0.4, 0.5) is 0 Å². The minimum absolute atomic E-state index is 0.0383. The second kappa shape index (κ2) is 7.07. The Hall–Kier alpha value is -0.360. The van der Waals surface area contributed by atoms with Crippen LogP contribution in [0, 0.1) is 0 Å². The van der Waals surface area contributed by atoms with Gasteiger partial charge in [0.25, 0.3) is 0 Å². The number of nitrogens with one attached hydrogen (secondary N) is 1. The number of ether oxygens (including phenoxy) is 1. The highest BCUT2D eigenvalue weighted by atomic mass is 79.9. The Bertz CT molecular complexity index is 622. The lowest BCUT2D eigenvalue weighted by Gasteiger charge is -2.18. The van der Waals surface area contributed by atoms with Crippen LogP contribution < -0.4 is 10.1 Å². The van der Waals surface area contributed by atoms with Crippen molar-refractivity contribution in [3.8, 4) is 5.75 Å². The van der Waals surface area contributed by atoms with Crippen molar-refractivity contribution >= 4 is 54.4 Å². The van der Waals surface area contributed by atoms with E-state index >= 15 is 0 Å². The third kappa shape index (κ3) is 3.64. The first-order valence-electron chi connectivity index (χ1n) is 6.34. The van der Waals surface area contributed by atoms with Crippen molar-refractivity contribution in [1.29, 1.82) is 0 Å². The molecule has 2 rings (SSSR count). The van der Waals surface area contributed by atoms with E-state index in [1.807, 2.05) is 19.1 Å². The number of benzene rings is 1. The van der Waals surface area contributed by atoms with Crippen LogP contribution in [-0.4, -0.2) is 24.2 Å². The van der Waals surface area contributed by atoms with E-state index in [1.54, 1.807) is 6.07 Å². The van der Waals surface area contributed by atoms with Crippen LogP contribution in [0.15, 0.2) is 27.1 Å². The Labute approximate surface area is 140 Å². The van der Waals surface area contributed by atoms with E-state index in [4.69, 9.17) is 16.3 Å². The average molecular weight is 423 g/mol. The molecule has 0 bridgehead atoms. The monoisotopic (exact) mass is 420 g/mol. The van der Waals surface area contributed by atoms with Crippen LogP contribution >= 0.6 is 43.5 Å². The molecule has 1 unspecified atom stereocenters. The number of fused-ring (bicyclic) bond motifs is 1. The molecule has 0 radical (unpaired) electrons. The van der Waals surface area contributed by atoms with Gasteiger partial charge in [-0.25, -0.2) is 4.98 Å². The van der Waals surface area contributed by atoms with Gasteiger partial charge in [0.05, 0.1) is 4.47 Å². The molecule has 1 N–H and O–H groups in total. The fraction of sp³-hybridized carbons (Fsp3) is 0.357. The van der Waals surface area contributed by atoms with Crippen LogP contribution in [0.3, 0.4) is 0 Å². The third-order valence-corrected chi connectivity index (χ3v) is 4.26. The number of likely N-dealkylation sites (N-methyl/N-ethyl adjacent to an activating group) is 1. The molecule has 20 heavy (non-hydrogen) atoms. The van der Waals surface area contributed by atoms with E-state index in [0.717, 1.165) is 38.7 Å². The quantitative estimate of drug-likeness (QED) is 0.704. The van der Waals surface area contributed by atoms with E-state index in [0.29, 0.717) is 5.15 Å². The summed E-state index contributed by atoms with van der Waals surface area (Å²) in [6.45, 7) is 5.79. The Kier molecular flexibility index (Phi) is 5.66. The summed E-state index contributed by atoms with van der Waals surface area (Å²) in [7, 11) is 0. The molecule has 0 aliphatic heterocycles. The van der Waals surface area contributed by atoms with Gasteiger partial charge in [0.1, 0.15) is 16.8 Å². The molecular formula is C14H15Br2ClN2O. The fourth-order valence-electron chi connectivity index (χ4n) is 1.87. The molecular weight excluding hydrogens is 407 g/mol. The van der Waals surface area contributed by atoms with Crippen molar-refractivity contribution < 1.29 is 4.74 Å². The van der Waals surface area contributed by atoms with Crippen molar-refractivity contribution in [3.05, 3.63) is 32.3 Å². The Morgan fingerprint density at radius 1 is 1.35 bits per heavy atom. The smallest absolute Gasteiger partial charge is 0.160 e. The van der Waals surface area contributed by atoms with E-state index in [2.05, 4.69) is 49.1 Å². The van der Waals surface area contributed by atoms with E-state index in [1.165, 1.54) is 0 Å². The number of aromatic nitrogens is 1. The zero-order chi connectivity index (χ0) is 14.7. The van der Waals surface area contributed by atoms with Crippen molar-refractivity contribution in [2.45, 2.75) is 20.0 Å². The van der Waals surface area contributed by atoms with Crippen LogP contribution in [0.1, 0.15) is 13.8 Å². The second-order valence-corrected chi connectivity index (χ2v) is 6.53. The van der Waals surface area contributed by atoms with Gasteiger partial charge in [-0.3, -0.25) is 0 Å². The number of hydrogen-bond acceptors (Lipinski definition) is 3. The molecule has 108 valence electrons. The summed E-state index contributed by atoms with van der Waals surface area (Å²) in [6.07, 6.45) is 0.0383. The first-order valence-corrected chi connectivity index (χ1v) is 8.31. The van der Waals surface area contributed by atoms with Gasteiger partial charge >= 0.3 is 0 Å². The molecule has 2 aromatic rings. The maximum Gasteiger partial charge on any atom is 0.160 e. The molecule has 0 aliphatic carbocycles. The largest absolute Gasteiger partial charge is 0.486 e. The lowest BCUT2D eigenvalue weighted by Crippen LogP contribution is -2.28. The average Bonchev–Trinajstić information content (AvgIpc) is 2.40. The van der Waals surface area contributed by atoms with Crippen molar-refractivity contribution in [2.24, 2.45) is 0 Å². The molecule has 1 aromatic carbocycles. The molecule has 1 atom stereocenters. The molecule has 0 amide bonds. The summed E-state index contributed by atoms with van der Waals surface area (Å²) in [5.74, 6) is 0.719. The highest BCUT2D eigenvalue weighted by Crippen LogP contribution is 2.38. The number of rotatable bonds is 5. The molecule has 0 aliphatic rings. The van der Waals surface area contributed by atoms with E-state index in [9.17, 15) is 0 Å². The van der Waals surface area contributed by atoms with Crippen molar-refractivity contribution in [3.63, 3.8) is 0 Å². The molecule has 1 heterocycles. The second-order valence-electron chi connectivity index (χ2n) is 4.44. The lowest BCUT2D eigenvalue weighted by molar-refractivity contribution is 0.219. The summed E-state index contributed by atoms with van der Waals surface area (Å²) in [4.78, 5) is 4.39. The number of hydrogen-bond donors (Lipinski definition) is 1. The first-order chi connectivity index (χ1) is 9.52. The van der Waals surface area contributed by atoms with Gasteiger partial charge < -0.3 is 10.1 Å². The highest BCUT2D eigenvalue weighted by molar-refractivity contribution is 9.11. The van der Waals surface area contributed by atoms with Gasteiger partial charge in [0.15, 0.2) is 5.75 Å². The first kappa shape index (κ1) is 16.0. The molecule has 3 nitrogen and oxygen atoms in total. The number of halogens is 3. The van der Waals surface area contributed by atoms with Crippen LogP contribution in [0.2, 0.25) is 5.15 Å². The van der Waals surface area contributed by atoms with Crippen LogP contribution in [0.25, 0.3) is 10.9 Å². The Morgan fingerprint density at radius 3 is 2.80 bits per heavy atom. The molecule has 1 aromatic heterocycles. The molecule has 0 spiro atoms. The highest BCUT2D eigenvalue weighted by Gasteiger charge is 2.15. The van der Waals surface area contributed by atoms with Crippen LogP contribution in [-0.2, 0) is 0 Å². The van der Waals surface area contributed by atoms with E-state index in [-0.39, 0.29) is 6.10 Å². The molecule has 0 saturated carbocycles. The van der Waals surface area contributed by atoms with Gasteiger partial charge in [-0.2, -0.15) is 0 Å². The predicted octanol–water partition coefficient (Wildman–Crippen LogP) is 4.79. The van der Waals surface area contributed by atoms with Crippen molar-refractivity contribution in [2.75, 3.05) is 13.1 Å². The summed E-state index contributed by atoms with van der Waals surface area (Å²) in [6, 6.07) is 5.67. The maximum absolute atomic E-state index is 6.02. The minimum Gasteiger partial charge on any atom is -0.486 e. The predicted molar refractivity (Wildman–Crippen MR) is 90.8 cm³/mol. The maximum atomic E-state index is 6.02. The summed E-state index contributed by atoms with van der Waals surface area (Å²) < 4.78 is 7.83. The molecule has 6 heteroatoms. The topological polar surface area (TPSA) is 34.1 Å². The standard InChI is InChI=1S/C14H15Br2ClN2O/c1-3-18-7-8(2)20-14-11(16)6-10(15)9-4-5-12(17)19-13(9)14/h4-6,8,18H,3,7H2,1-2H3. The number of nitrogens with zero attached hydrogens (tertiary/aromatic N) is 1.